The van der Waals surface area contributed by atoms with Crippen molar-refractivity contribution in [1.82, 2.24) is 9.80 Å². The molecule has 6 heteroatoms. The Morgan fingerprint density at radius 1 is 1.08 bits per heavy atom. The first-order chi connectivity index (χ1) is 12.4. The van der Waals surface area contributed by atoms with E-state index in [0.717, 1.165) is 5.56 Å². The molecular weight excluding hydrogens is 355 g/mol. The molecule has 1 aliphatic rings. The molecule has 1 aliphatic heterocycles. The van der Waals surface area contributed by atoms with Gasteiger partial charge in [-0.1, -0.05) is 35.9 Å². The summed E-state index contributed by atoms with van der Waals surface area (Å²) in [6.45, 7) is 4.06. The molecule has 1 fully saturated rings. The lowest BCUT2D eigenvalue weighted by molar-refractivity contribution is -0.158. The SMILES string of the molecule is CC(C)N1CC(=O)N(Cc2ccc(F)cc2)C(c2ccc(Cl)cc2)C1=O. The van der Waals surface area contributed by atoms with E-state index in [9.17, 15) is 14.0 Å². The summed E-state index contributed by atoms with van der Waals surface area (Å²) in [6.07, 6.45) is 0. The van der Waals surface area contributed by atoms with Crippen LogP contribution in [0.15, 0.2) is 48.5 Å². The highest BCUT2D eigenvalue weighted by Gasteiger charge is 2.41. The second kappa shape index (κ2) is 7.46. The number of carbonyl (C=O) groups is 2. The van der Waals surface area contributed by atoms with Crippen molar-refractivity contribution in [2.45, 2.75) is 32.5 Å². The van der Waals surface area contributed by atoms with Gasteiger partial charge in [-0.15, -0.1) is 0 Å². The van der Waals surface area contributed by atoms with E-state index in [4.69, 9.17) is 11.6 Å². The van der Waals surface area contributed by atoms with Crippen LogP contribution in [0.25, 0.3) is 0 Å². The van der Waals surface area contributed by atoms with Crippen LogP contribution >= 0.6 is 11.6 Å². The third-order valence-electron chi connectivity index (χ3n) is 4.53. The van der Waals surface area contributed by atoms with Crippen molar-refractivity contribution in [1.29, 1.82) is 0 Å². The Kier molecular flexibility index (Phi) is 5.28. The van der Waals surface area contributed by atoms with Crippen molar-refractivity contribution >= 4 is 23.4 Å². The molecule has 1 atom stereocenters. The fourth-order valence-electron chi connectivity index (χ4n) is 3.12. The summed E-state index contributed by atoms with van der Waals surface area (Å²) in [4.78, 5) is 29.0. The summed E-state index contributed by atoms with van der Waals surface area (Å²) < 4.78 is 13.2. The van der Waals surface area contributed by atoms with Crippen LogP contribution in [-0.4, -0.2) is 34.2 Å². The van der Waals surface area contributed by atoms with Crippen molar-refractivity contribution in [3.8, 4) is 0 Å². The number of nitrogens with zero attached hydrogens (tertiary/aromatic N) is 2. The average molecular weight is 375 g/mol. The molecule has 0 aliphatic carbocycles. The van der Waals surface area contributed by atoms with Gasteiger partial charge in [0, 0.05) is 17.6 Å². The first-order valence-electron chi connectivity index (χ1n) is 8.46. The molecule has 1 heterocycles. The van der Waals surface area contributed by atoms with Gasteiger partial charge in [0.2, 0.25) is 5.91 Å². The molecule has 0 N–H and O–H groups in total. The molecule has 0 saturated carbocycles. The van der Waals surface area contributed by atoms with Gasteiger partial charge in [-0.2, -0.15) is 0 Å². The lowest BCUT2D eigenvalue weighted by Gasteiger charge is -2.42. The standard InChI is InChI=1S/C20H20ClFN2O2/c1-13(2)23-12-18(25)24(11-14-3-9-17(22)10-4-14)19(20(23)26)15-5-7-16(21)8-6-15/h3-10,13,19H,11-12H2,1-2H3. The summed E-state index contributed by atoms with van der Waals surface area (Å²) >= 11 is 5.96. The molecule has 136 valence electrons. The first kappa shape index (κ1) is 18.4. The quantitative estimate of drug-likeness (QED) is 0.816. The highest BCUT2D eigenvalue weighted by atomic mass is 35.5. The second-order valence-corrected chi connectivity index (χ2v) is 7.10. The summed E-state index contributed by atoms with van der Waals surface area (Å²) in [5, 5.41) is 0.564. The minimum atomic E-state index is -0.721. The number of amides is 2. The zero-order chi connectivity index (χ0) is 18.8. The van der Waals surface area contributed by atoms with Crippen LogP contribution in [0.4, 0.5) is 4.39 Å². The third kappa shape index (κ3) is 3.73. The Labute approximate surface area is 157 Å². The second-order valence-electron chi connectivity index (χ2n) is 6.66. The molecule has 0 spiro atoms. The van der Waals surface area contributed by atoms with Crippen LogP contribution in [0.2, 0.25) is 5.02 Å². The van der Waals surface area contributed by atoms with E-state index in [0.29, 0.717) is 10.6 Å². The van der Waals surface area contributed by atoms with E-state index < -0.39 is 6.04 Å². The fraction of sp³-hybridized carbons (Fsp3) is 0.300. The molecule has 2 amide bonds. The molecule has 0 bridgehead atoms. The molecule has 0 aromatic heterocycles. The van der Waals surface area contributed by atoms with Crippen LogP contribution in [0.1, 0.15) is 31.0 Å². The van der Waals surface area contributed by atoms with Gasteiger partial charge in [-0.05, 0) is 49.2 Å². The highest BCUT2D eigenvalue weighted by Crippen LogP contribution is 2.30. The van der Waals surface area contributed by atoms with Crippen molar-refractivity contribution in [2.75, 3.05) is 6.54 Å². The van der Waals surface area contributed by atoms with Gasteiger partial charge in [0.15, 0.2) is 0 Å². The van der Waals surface area contributed by atoms with Crippen LogP contribution < -0.4 is 0 Å². The Bertz CT molecular complexity index is 806. The maximum absolute atomic E-state index is 13.2. The van der Waals surface area contributed by atoms with Crippen LogP contribution in [0.5, 0.6) is 0 Å². The zero-order valence-electron chi connectivity index (χ0n) is 14.7. The number of halogens is 2. The van der Waals surface area contributed by atoms with Gasteiger partial charge in [0.25, 0.3) is 5.91 Å². The van der Waals surface area contributed by atoms with Crippen molar-refractivity contribution in [2.24, 2.45) is 0 Å². The smallest absolute Gasteiger partial charge is 0.250 e. The third-order valence-corrected chi connectivity index (χ3v) is 4.78. The van der Waals surface area contributed by atoms with Crippen LogP contribution in [0, 0.1) is 5.82 Å². The molecule has 2 aromatic rings. The maximum Gasteiger partial charge on any atom is 0.250 e. The summed E-state index contributed by atoms with van der Waals surface area (Å²) in [5.74, 6) is -0.596. The lowest BCUT2D eigenvalue weighted by atomic mass is 9.99. The Morgan fingerprint density at radius 3 is 2.27 bits per heavy atom. The Morgan fingerprint density at radius 2 is 1.69 bits per heavy atom. The molecule has 2 aromatic carbocycles. The fourth-order valence-corrected chi connectivity index (χ4v) is 3.25. The van der Waals surface area contributed by atoms with E-state index in [1.165, 1.54) is 12.1 Å². The zero-order valence-corrected chi connectivity index (χ0v) is 15.4. The molecular formula is C20H20ClFN2O2. The normalized spacial score (nSPS) is 18.0. The Balaban J connectivity index is 1.98. The summed E-state index contributed by atoms with van der Waals surface area (Å²) in [6, 6.07) is 12.1. The lowest BCUT2D eigenvalue weighted by Crippen LogP contribution is -2.56. The largest absolute Gasteiger partial charge is 0.329 e. The van der Waals surface area contributed by atoms with E-state index in [1.54, 1.807) is 46.2 Å². The number of carbonyl (C=O) groups excluding carboxylic acids is 2. The van der Waals surface area contributed by atoms with Gasteiger partial charge in [0.1, 0.15) is 18.4 Å². The molecule has 4 nitrogen and oxygen atoms in total. The molecule has 3 rings (SSSR count). The number of hydrogen-bond acceptors (Lipinski definition) is 2. The molecule has 1 unspecified atom stereocenters. The monoisotopic (exact) mass is 374 g/mol. The molecule has 0 radical (unpaired) electrons. The van der Waals surface area contributed by atoms with E-state index in [1.807, 2.05) is 13.8 Å². The number of hydrogen-bond donors (Lipinski definition) is 0. The van der Waals surface area contributed by atoms with Crippen LogP contribution in [-0.2, 0) is 16.1 Å². The number of benzene rings is 2. The molecule has 26 heavy (non-hydrogen) atoms. The topological polar surface area (TPSA) is 40.6 Å². The van der Waals surface area contributed by atoms with Gasteiger partial charge in [-0.3, -0.25) is 9.59 Å². The molecule has 1 saturated heterocycles. The predicted molar refractivity (Wildman–Crippen MR) is 98.0 cm³/mol. The van der Waals surface area contributed by atoms with Crippen LogP contribution in [0.3, 0.4) is 0 Å². The maximum atomic E-state index is 13.2. The minimum Gasteiger partial charge on any atom is -0.329 e. The summed E-state index contributed by atoms with van der Waals surface area (Å²) in [7, 11) is 0. The first-order valence-corrected chi connectivity index (χ1v) is 8.84. The predicted octanol–water partition coefficient (Wildman–Crippen LogP) is 3.80. The van der Waals surface area contributed by atoms with Gasteiger partial charge in [-0.25, -0.2) is 4.39 Å². The van der Waals surface area contributed by atoms with E-state index in [2.05, 4.69) is 0 Å². The van der Waals surface area contributed by atoms with E-state index >= 15 is 0 Å². The minimum absolute atomic E-state index is 0.0434. The summed E-state index contributed by atoms with van der Waals surface area (Å²) in [5.41, 5.74) is 1.48. The average Bonchev–Trinajstić information content (AvgIpc) is 2.61. The van der Waals surface area contributed by atoms with Crippen molar-refractivity contribution in [3.05, 3.63) is 70.5 Å². The Hall–Kier alpha value is -2.40. The number of piperazine rings is 1. The van der Waals surface area contributed by atoms with E-state index in [-0.39, 0.29) is 36.8 Å². The van der Waals surface area contributed by atoms with Crippen molar-refractivity contribution in [3.63, 3.8) is 0 Å². The number of rotatable bonds is 4. The van der Waals surface area contributed by atoms with Gasteiger partial charge in [0.05, 0.1) is 0 Å². The highest BCUT2D eigenvalue weighted by molar-refractivity contribution is 6.30. The van der Waals surface area contributed by atoms with Crippen molar-refractivity contribution < 1.29 is 14.0 Å². The van der Waals surface area contributed by atoms with Gasteiger partial charge >= 0.3 is 0 Å². The van der Waals surface area contributed by atoms with Gasteiger partial charge < -0.3 is 9.80 Å².